The number of hydrogen-bond donors (Lipinski definition) is 1. The maximum absolute atomic E-state index is 6.22. The molecule has 0 bridgehead atoms. The van der Waals surface area contributed by atoms with E-state index in [1.165, 1.54) is 5.57 Å². The van der Waals surface area contributed by atoms with Gasteiger partial charge in [-0.3, -0.25) is 0 Å². The van der Waals surface area contributed by atoms with Crippen molar-refractivity contribution in [2.24, 2.45) is 0 Å². The summed E-state index contributed by atoms with van der Waals surface area (Å²) in [5, 5.41) is 4.21. The van der Waals surface area contributed by atoms with Crippen LogP contribution in [0.15, 0.2) is 34.3 Å². The molecular weight excluding hydrogens is 286 g/mol. The lowest BCUT2D eigenvalue weighted by atomic mass is 10.0. The first-order chi connectivity index (χ1) is 7.54. The van der Waals surface area contributed by atoms with Crippen LogP contribution in [0.5, 0.6) is 0 Å². The third kappa shape index (κ3) is 3.93. The average Bonchev–Trinajstić information content (AvgIpc) is 2.20. The molecular formula is C13H17BrClN. The van der Waals surface area contributed by atoms with Crippen molar-refractivity contribution in [2.75, 3.05) is 6.54 Å². The zero-order chi connectivity index (χ0) is 12.1. The second-order valence-corrected chi connectivity index (χ2v) is 5.27. The number of rotatable bonds is 4. The van der Waals surface area contributed by atoms with Crippen LogP contribution in [0.3, 0.4) is 0 Å². The summed E-state index contributed by atoms with van der Waals surface area (Å²) >= 11 is 9.69. The lowest BCUT2D eigenvalue weighted by molar-refractivity contribution is 0.644. The van der Waals surface area contributed by atoms with Crippen LogP contribution in [-0.2, 0) is 0 Å². The second kappa shape index (κ2) is 6.43. The highest BCUT2D eigenvalue weighted by molar-refractivity contribution is 9.10. The van der Waals surface area contributed by atoms with E-state index >= 15 is 0 Å². The molecule has 0 fully saturated rings. The molecule has 1 aromatic rings. The summed E-state index contributed by atoms with van der Waals surface area (Å²) in [6, 6.07) is 6.12. The standard InChI is InChI=1S/C13H17BrClN/c1-4-16-13(7-9(2)3)11-8-10(14)5-6-12(11)15/h5-8,13,16H,4H2,1-3H3. The highest BCUT2D eigenvalue weighted by Crippen LogP contribution is 2.27. The van der Waals surface area contributed by atoms with Crippen molar-refractivity contribution in [3.05, 3.63) is 44.9 Å². The molecule has 0 spiro atoms. The van der Waals surface area contributed by atoms with Crippen LogP contribution < -0.4 is 5.32 Å². The number of allylic oxidation sites excluding steroid dienone is 1. The van der Waals surface area contributed by atoms with Gasteiger partial charge in [-0.1, -0.05) is 46.1 Å². The molecule has 0 heterocycles. The van der Waals surface area contributed by atoms with Crippen molar-refractivity contribution in [2.45, 2.75) is 26.8 Å². The molecule has 0 saturated carbocycles. The number of nitrogens with one attached hydrogen (secondary N) is 1. The quantitative estimate of drug-likeness (QED) is 0.794. The molecule has 1 rings (SSSR count). The smallest absolute Gasteiger partial charge is 0.0523 e. The van der Waals surface area contributed by atoms with Gasteiger partial charge >= 0.3 is 0 Å². The molecule has 1 unspecified atom stereocenters. The second-order valence-electron chi connectivity index (χ2n) is 3.95. The molecule has 0 saturated heterocycles. The van der Waals surface area contributed by atoms with E-state index in [0.717, 1.165) is 21.6 Å². The molecule has 0 aliphatic rings. The van der Waals surface area contributed by atoms with E-state index in [1.54, 1.807) is 0 Å². The van der Waals surface area contributed by atoms with Gasteiger partial charge in [-0.15, -0.1) is 0 Å². The monoisotopic (exact) mass is 301 g/mol. The van der Waals surface area contributed by atoms with Gasteiger partial charge in [0.2, 0.25) is 0 Å². The van der Waals surface area contributed by atoms with Gasteiger partial charge in [-0.05, 0) is 44.2 Å². The first-order valence-electron chi connectivity index (χ1n) is 5.38. The van der Waals surface area contributed by atoms with Gasteiger partial charge in [-0.2, -0.15) is 0 Å². The minimum atomic E-state index is 0.181. The minimum absolute atomic E-state index is 0.181. The summed E-state index contributed by atoms with van der Waals surface area (Å²) in [7, 11) is 0. The van der Waals surface area contributed by atoms with E-state index in [-0.39, 0.29) is 6.04 Å². The molecule has 16 heavy (non-hydrogen) atoms. The van der Waals surface area contributed by atoms with E-state index in [1.807, 2.05) is 12.1 Å². The summed E-state index contributed by atoms with van der Waals surface area (Å²) in [6.07, 6.45) is 2.19. The number of benzene rings is 1. The topological polar surface area (TPSA) is 12.0 Å². The molecule has 1 N–H and O–H groups in total. The molecule has 3 heteroatoms. The zero-order valence-corrected chi connectivity index (χ0v) is 12.2. The van der Waals surface area contributed by atoms with E-state index in [0.29, 0.717) is 0 Å². The molecule has 0 aliphatic carbocycles. The van der Waals surface area contributed by atoms with Crippen molar-refractivity contribution in [1.82, 2.24) is 5.32 Å². The zero-order valence-electron chi connectivity index (χ0n) is 9.85. The highest BCUT2D eigenvalue weighted by atomic mass is 79.9. The molecule has 1 nitrogen and oxygen atoms in total. The van der Waals surface area contributed by atoms with Gasteiger partial charge in [0, 0.05) is 9.50 Å². The Hall–Kier alpha value is -0.310. The molecule has 0 aliphatic heterocycles. The van der Waals surface area contributed by atoms with Crippen LogP contribution in [0.1, 0.15) is 32.4 Å². The van der Waals surface area contributed by atoms with Crippen LogP contribution in [0.4, 0.5) is 0 Å². The SMILES string of the molecule is CCNC(C=C(C)C)c1cc(Br)ccc1Cl. The fourth-order valence-electron chi connectivity index (χ4n) is 1.56. The van der Waals surface area contributed by atoms with E-state index < -0.39 is 0 Å². The summed E-state index contributed by atoms with van der Waals surface area (Å²) in [4.78, 5) is 0. The Morgan fingerprint density at radius 3 is 2.75 bits per heavy atom. The van der Waals surface area contributed by atoms with E-state index in [2.05, 4.69) is 54.2 Å². The van der Waals surface area contributed by atoms with Crippen molar-refractivity contribution in [3.8, 4) is 0 Å². The van der Waals surface area contributed by atoms with Crippen molar-refractivity contribution in [1.29, 1.82) is 0 Å². The largest absolute Gasteiger partial charge is 0.307 e. The minimum Gasteiger partial charge on any atom is -0.307 e. The fourth-order valence-corrected chi connectivity index (χ4v) is 2.18. The van der Waals surface area contributed by atoms with Gasteiger partial charge < -0.3 is 5.32 Å². The van der Waals surface area contributed by atoms with Gasteiger partial charge in [-0.25, -0.2) is 0 Å². The third-order valence-electron chi connectivity index (χ3n) is 2.22. The number of likely N-dealkylation sites (N-methyl/N-ethyl adjacent to an activating group) is 1. The number of halogens is 2. The first-order valence-corrected chi connectivity index (χ1v) is 6.55. The summed E-state index contributed by atoms with van der Waals surface area (Å²) < 4.78 is 1.05. The Bertz CT molecular complexity index is 384. The summed E-state index contributed by atoms with van der Waals surface area (Å²) in [5.41, 5.74) is 2.39. The first kappa shape index (κ1) is 13.8. The Labute approximate surface area is 111 Å². The Morgan fingerprint density at radius 2 is 2.19 bits per heavy atom. The predicted molar refractivity (Wildman–Crippen MR) is 75.0 cm³/mol. The van der Waals surface area contributed by atoms with Crippen LogP contribution in [0, 0.1) is 0 Å². The van der Waals surface area contributed by atoms with Crippen LogP contribution in [0.25, 0.3) is 0 Å². The Morgan fingerprint density at radius 1 is 1.50 bits per heavy atom. The molecule has 88 valence electrons. The normalized spacial score (nSPS) is 12.3. The van der Waals surface area contributed by atoms with Gasteiger partial charge in [0.15, 0.2) is 0 Å². The Balaban J connectivity index is 3.09. The average molecular weight is 303 g/mol. The van der Waals surface area contributed by atoms with E-state index in [9.17, 15) is 0 Å². The Kier molecular flexibility index (Phi) is 5.53. The molecule has 0 radical (unpaired) electrons. The van der Waals surface area contributed by atoms with Crippen LogP contribution in [0.2, 0.25) is 5.02 Å². The predicted octanol–water partition coefficient (Wildman–Crippen LogP) is 4.72. The lowest BCUT2D eigenvalue weighted by Crippen LogP contribution is -2.19. The number of hydrogen-bond acceptors (Lipinski definition) is 1. The molecule has 0 amide bonds. The van der Waals surface area contributed by atoms with Crippen LogP contribution >= 0.6 is 27.5 Å². The van der Waals surface area contributed by atoms with Crippen molar-refractivity contribution < 1.29 is 0 Å². The van der Waals surface area contributed by atoms with Crippen molar-refractivity contribution in [3.63, 3.8) is 0 Å². The highest BCUT2D eigenvalue weighted by Gasteiger charge is 2.11. The molecule has 1 aromatic carbocycles. The van der Waals surface area contributed by atoms with Crippen molar-refractivity contribution >= 4 is 27.5 Å². The molecule has 0 aromatic heterocycles. The fraction of sp³-hybridized carbons (Fsp3) is 0.385. The third-order valence-corrected chi connectivity index (χ3v) is 3.05. The maximum atomic E-state index is 6.22. The summed E-state index contributed by atoms with van der Waals surface area (Å²) in [5.74, 6) is 0. The van der Waals surface area contributed by atoms with E-state index in [4.69, 9.17) is 11.6 Å². The maximum Gasteiger partial charge on any atom is 0.0523 e. The van der Waals surface area contributed by atoms with Gasteiger partial charge in [0.05, 0.1) is 6.04 Å². The van der Waals surface area contributed by atoms with Crippen LogP contribution in [-0.4, -0.2) is 6.54 Å². The van der Waals surface area contributed by atoms with Gasteiger partial charge in [0.25, 0.3) is 0 Å². The lowest BCUT2D eigenvalue weighted by Gasteiger charge is -2.17. The van der Waals surface area contributed by atoms with Gasteiger partial charge in [0.1, 0.15) is 0 Å². The summed E-state index contributed by atoms with van der Waals surface area (Å²) in [6.45, 7) is 7.20. The molecule has 1 atom stereocenters.